The van der Waals surface area contributed by atoms with Crippen LogP contribution < -0.4 is 24.4 Å². The van der Waals surface area contributed by atoms with Crippen molar-refractivity contribution in [2.75, 3.05) is 34.0 Å². The molecule has 0 fully saturated rings. The van der Waals surface area contributed by atoms with Crippen LogP contribution in [0.25, 0.3) is 6.08 Å². The van der Waals surface area contributed by atoms with E-state index in [4.69, 9.17) is 18.9 Å². The monoisotopic (exact) mass is 567 g/mol. The number of ether oxygens (including phenoxy) is 4. The molecule has 1 aromatic heterocycles. The number of benzene rings is 2. The highest BCUT2D eigenvalue weighted by Gasteiger charge is 2.36. The number of allylic oxidation sites excluding steroid dienone is 1. The molecule has 0 bridgehead atoms. The Morgan fingerprint density at radius 1 is 1.15 bits per heavy atom. The van der Waals surface area contributed by atoms with Crippen LogP contribution in [0.4, 0.5) is 5.69 Å². The number of carbonyl (C=O) groups is 1. The van der Waals surface area contributed by atoms with Gasteiger partial charge in [-0.25, -0.2) is 9.79 Å². The standard InChI is InChI=1S/C28H29N3O8S/c1-5-13-38-25-20(7-6-8-21(25)37-4)24-23(27(33)39-15-14-36-3)17(2)29-28-30(24)26(32)22(40-28)16-18-9-11-19(12-10-18)31(34)35/h6-12,16,24H,5,13-15H2,1-4H3/b22-16+/t24-/m1/s1. The lowest BCUT2D eigenvalue weighted by Crippen LogP contribution is -2.40. The molecular weight excluding hydrogens is 538 g/mol. The average molecular weight is 568 g/mol. The smallest absolute Gasteiger partial charge is 0.338 e. The highest BCUT2D eigenvalue weighted by atomic mass is 32.1. The number of esters is 1. The van der Waals surface area contributed by atoms with Gasteiger partial charge in [0, 0.05) is 24.8 Å². The number of hydrogen-bond donors (Lipinski definition) is 0. The van der Waals surface area contributed by atoms with Crippen LogP contribution in [-0.2, 0) is 14.3 Å². The summed E-state index contributed by atoms with van der Waals surface area (Å²) in [5.41, 5.74) is 1.31. The normalized spacial score (nSPS) is 14.9. The van der Waals surface area contributed by atoms with E-state index in [0.29, 0.717) is 44.3 Å². The molecule has 0 spiro atoms. The average Bonchev–Trinajstić information content (AvgIpc) is 3.25. The molecule has 0 aliphatic carbocycles. The lowest BCUT2D eigenvalue weighted by atomic mass is 9.94. The van der Waals surface area contributed by atoms with Crippen LogP contribution in [0.1, 0.15) is 37.4 Å². The van der Waals surface area contributed by atoms with E-state index in [9.17, 15) is 19.7 Å². The number of nitro benzene ring substituents is 1. The van der Waals surface area contributed by atoms with Crippen molar-refractivity contribution in [3.8, 4) is 11.5 Å². The maximum absolute atomic E-state index is 13.9. The zero-order valence-corrected chi connectivity index (χ0v) is 23.4. The topological polar surface area (TPSA) is 131 Å². The van der Waals surface area contributed by atoms with Crippen molar-refractivity contribution >= 4 is 29.1 Å². The molecule has 40 heavy (non-hydrogen) atoms. The second-order valence-electron chi connectivity index (χ2n) is 8.79. The molecule has 1 aliphatic heterocycles. The largest absolute Gasteiger partial charge is 0.493 e. The number of carbonyl (C=O) groups excluding carboxylic acids is 1. The van der Waals surface area contributed by atoms with Gasteiger partial charge in [-0.2, -0.15) is 0 Å². The van der Waals surface area contributed by atoms with Crippen molar-refractivity contribution < 1.29 is 28.7 Å². The first-order chi connectivity index (χ1) is 19.3. The van der Waals surface area contributed by atoms with Gasteiger partial charge in [0.25, 0.3) is 11.2 Å². The Balaban J connectivity index is 1.93. The van der Waals surface area contributed by atoms with Crippen LogP contribution in [0.3, 0.4) is 0 Å². The summed E-state index contributed by atoms with van der Waals surface area (Å²) < 4.78 is 24.0. The van der Waals surface area contributed by atoms with Crippen molar-refractivity contribution in [1.29, 1.82) is 0 Å². The van der Waals surface area contributed by atoms with Gasteiger partial charge >= 0.3 is 5.97 Å². The van der Waals surface area contributed by atoms with Crippen LogP contribution in [0.15, 0.2) is 63.5 Å². The van der Waals surface area contributed by atoms with Crippen LogP contribution >= 0.6 is 11.3 Å². The molecule has 12 heteroatoms. The van der Waals surface area contributed by atoms with Crippen LogP contribution in [0.5, 0.6) is 11.5 Å². The maximum Gasteiger partial charge on any atom is 0.338 e. The molecule has 0 N–H and O–H groups in total. The second kappa shape index (κ2) is 12.7. The van der Waals surface area contributed by atoms with Gasteiger partial charge < -0.3 is 18.9 Å². The Labute approximate surface area is 233 Å². The van der Waals surface area contributed by atoms with E-state index >= 15 is 0 Å². The molecule has 3 aromatic rings. The van der Waals surface area contributed by atoms with E-state index in [1.807, 2.05) is 6.92 Å². The number of nitro groups is 1. The fraction of sp³-hybridized carbons (Fsp3) is 0.321. The van der Waals surface area contributed by atoms with Gasteiger partial charge in [0.1, 0.15) is 12.6 Å². The van der Waals surface area contributed by atoms with Gasteiger partial charge in [0.15, 0.2) is 16.3 Å². The lowest BCUT2D eigenvalue weighted by molar-refractivity contribution is -0.384. The van der Waals surface area contributed by atoms with Crippen LogP contribution in [0, 0.1) is 10.1 Å². The molecule has 1 atom stereocenters. The predicted octanol–water partition coefficient (Wildman–Crippen LogP) is 3.13. The summed E-state index contributed by atoms with van der Waals surface area (Å²) >= 11 is 1.15. The Hall–Kier alpha value is -4.29. The van der Waals surface area contributed by atoms with Gasteiger partial charge in [-0.05, 0) is 43.2 Å². The number of thiazole rings is 1. The number of para-hydroxylation sites is 1. The molecule has 2 heterocycles. The van der Waals surface area contributed by atoms with Gasteiger partial charge in [-0.15, -0.1) is 0 Å². The summed E-state index contributed by atoms with van der Waals surface area (Å²) in [6.45, 7) is 4.30. The first kappa shape index (κ1) is 28.7. The molecule has 4 rings (SSSR count). The third-order valence-electron chi connectivity index (χ3n) is 6.14. The van der Waals surface area contributed by atoms with Crippen molar-refractivity contribution in [1.82, 2.24) is 4.57 Å². The third kappa shape index (κ3) is 5.82. The molecule has 0 unspecified atom stereocenters. The summed E-state index contributed by atoms with van der Waals surface area (Å²) in [4.78, 5) is 42.8. The zero-order chi connectivity index (χ0) is 28.8. The van der Waals surface area contributed by atoms with E-state index in [1.54, 1.807) is 43.3 Å². The van der Waals surface area contributed by atoms with Crippen molar-refractivity contribution in [2.24, 2.45) is 4.99 Å². The summed E-state index contributed by atoms with van der Waals surface area (Å²) in [6, 6.07) is 10.3. The van der Waals surface area contributed by atoms with E-state index in [-0.39, 0.29) is 30.0 Å². The van der Waals surface area contributed by atoms with Gasteiger partial charge in [-0.3, -0.25) is 19.5 Å². The fourth-order valence-electron chi connectivity index (χ4n) is 4.28. The number of non-ortho nitro benzene ring substituents is 1. The van der Waals surface area contributed by atoms with Crippen molar-refractivity contribution in [2.45, 2.75) is 26.3 Å². The molecule has 210 valence electrons. The molecular formula is C28H29N3O8S. The molecule has 1 aliphatic rings. The third-order valence-corrected chi connectivity index (χ3v) is 7.12. The number of fused-ring (bicyclic) bond motifs is 1. The first-order valence-corrected chi connectivity index (χ1v) is 13.3. The minimum absolute atomic E-state index is 0.0285. The molecule has 0 saturated carbocycles. The molecule has 0 amide bonds. The second-order valence-corrected chi connectivity index (χ2v) is 9.80. The van der Waals surface area contributed by atoms with Gasteiger partial charge in [0.2, 0.25) is 0 Å². The number of aromatic nitrogens is 1. The molecule has 0 radical (unpaired) electrons. The Kier molecular flexibility index (Phi) is 9.12. The number of nitrogens with zero attached hydrogens (tertiary/aromatic N) is 3. The molecule has 11 nitrogen and oxygen atoms in total. The zero-order valence-electron chi connectivity index (χ0n) is 22.5. The predicted molar refractivity (Wildman–Crippen MR) is 148 cm³/mol. The number of hydrogen-bond acceptors (Lipinski definition) is 10. The minimum Gasteiger partial charge on any atom is -0.493 e. The van der Waals surface area contributed by atoms with E-state index < -0.39 is 16.9 Å². The van der Waals surface area contributed by atoms with Crippen molar-refractivity contribution in [3.63, 3.8) is 0 Å². The van der Waals surface area contributed by atoms with Crippen molar-refractivity contribution in [3.05, 3.63) is 94.7 Å². The summed E-state index contributed by atoms with van der Waals surface area (Å²) in [7, 11) is 3.03. The minimum atomic E-state index is -0.910. The number of rotatable bonds is 11. The Morgan fingerprint density at radius 2 is 1.90 bits per heavy atom. The van der Waals surface area contributed by atoms with Crippen LogP contribution in [-0.4, -0.2) is 49.5 Å². The SMILES string of the molecule is CCCOc1c(OC)cccc1[C@@H]1C(C(=O)OCCOC)=C(C)N=c2s/c(=C/c3ccc([N+](=O)[O-])cc3)c(=O)n21. The summed E-state index contributed by atoms with van der Waals surface area (Å²) in [5.74, 6) is 0.247. The van der Waals surface area contributed by atoms with E-state index in [1.165, 1.54) is 30.9 Å². The molecule has 0 saturated heterocycles. The molecule has 2 aromatic carbocycles. The Morgan fingerprint density at radius 3 is 2.55 bits per heavy atom. The van der Waals surface area contributed by atoms with Gasteiger partial charge in [0.05, 0.1) is 41.0 Å². The maximum atomic E-state index is 13.9. The Bertz CT molecular complexity index is 1620. The summed E-state index contributed by atoms with van der Waals surface area (Å²) in [5, 5.41) is 11.0. The van der Waals surface area contributed by atoms with Gasteiger partial charge in [-0.1, -0.05) is 30.4 Å². The highest BCUT2D eigenvalue weighted by Crippen LogP contribution is 2.40. The van der Waals surface area contributed by atoms with Crippen LogP contribution in [0.2, 0.25) is 0 Å². The quantitative estimate of drug-likeness (QED) is 0.149. The first-order valence-electron chi connectivity index (χ1n) is 12.5. The number of methoxy groups -OCH3 is 2. The summed E-state index contributed by atoms with van der Waals surface area (Å²) in [6.07, 6.45) is 2.37. The van der Waals surface area contributed by atoms with E-state index in [2.05, 4.69) is 4.99 Å². The highest BCUT2D eigenvalue weighted by molar-refractivity contribution is 7.07. The lowest BCUT2D eigenvalue weighted by Gasteiger charge is -2.27. The fourth-order valence-corrected chi connectivity index (χ4v) is 5.33. The van der Waals surface area contributed by atoms with E-state index in [0.717, 1.165) is 17.8 Å².